The van der Waals surface area contributed by atoms with Crippen molar-refractivity contribution < 1.29 is 19.4 Å². The molecule has 0 atom stereocenters. The number of aliphatic carboxylic acids is 1. The Labute approximate surface area is 99.0 Å². The number of nitrogens with zero attached hydrogens (tertiary/aromatic N) is 2. The zero-order valence-corrected chi connectivity index (χ0v) is 9.60. The number of hydrogen-bond acceptors (Lipinski definition) is 5. The van der Waals surface area contributed by atoms with Crippen LogP contribution >= 0.6 is 0 Å². The molecule has 2 N–H and O–H groups in total. The van der Waals surface area contributed by atoms with E-state index in [0.29, 0.717) is 13.1 Å². The summed E-state index contributed by atoms with van der Waals surface area (Å²) in [6.07, 6.45) is 0. The van der Waals surface area contributed by atoms with E-state index in [-0.39, 0.29) is 25.6 Å². The molecule has 1 fully saturated rings. The van der Waals surface area contributed by atoms with E-state index in [1.807, 2.05) is 11.0 Å². The van der Waals surface area contributed by atoms with Crippen molar-refractivity contribution in [2.24, 2.45) is 0 Å². The molecule has 0 aromatic heterocycles. The Morgan fingerprint density at radius 3 is 2.76 bits per heavy atom. The molecule has 7 heteroatoms. The van der Waals surface area contributed by atoms with Crippen LogP contribution in [0.3, 0.4) is 0 Å². The third-order valence-electron chi connectivity index (χ3n) is 2.39. The van der Waals surface area contributed by atoms with Gasteiger partial charge in [-0.1, -0.05) is 0 Å². The number of carboxylic acids is 1. The molecule has 1 aliphatic rings. The minimum Gasteiger partial charge on any atom is -0.480 e. The Hall–Kier alpha value is -1.65. The molecule has 1 aliphatic heterocycles. The van der Waals surface area contributed by atoms with Gasteiger partial charge in [-0.15, -0.1) is 0 Å². The van der Waals surface area contributed by atoms with E-state index in [1.165, 1.54) is 0 Å². The van der Waals surface area contributed by atoms with E-state index >= 15 is 0 Å². The van der Waals surface area contributed by atoms with Crippen molar-refractivity contribution in [3.63, 3.8) is 0 Å². The van der Waals surface area contributed by atoms with Gasteiger partial charge in [0.15, 0.2) is 0 Å². The number of amides is 1. The number of ether oxygens (including phenoxy) is 1. The number of carbonyl (C=O) groups excluding carboxylic acids is 1. The quantitative estimate of drug-likeness (QED) is 0.566. The first-order valence-corrected chi connectivity index (χ1v) is 5.17. The first kappa shape index (κ1) is 13.4. The van der Waals surface area contributed by atoms with Crippen LogP contribution in [-0.2, 0) is 14.3 Å². The van der Waals surface area contributed by atoms with Gasteiger partial charge in [-0.3, -0.25) is 9.69 Å². The molecule has 0 radical (unpaired) electrons. The topological polar surface area (TPSA) is 103 Å². The van der Waals surface area contributed by atoms with Crippen LogP contribution < -0.4 is 5.32 Å². The predicted octanol–water partition coefficient (Wildman–Crippen LogP) is -1.20. The lowest BCUT2D eigenvalue weighted by atomic mass is 9.96. The maximum absolute atomic E-state index is 11.2. The van der Waals surface area contributed by atoms with Crippen LogP contribution in [0.15, 0.2) is 0 Å². The summed E-state index contributed by atoms with van der Waals surface area (Å²) in [7, 11) is 0. The van der Waals surface area contributed by atoms with Crippen LogP contribution in [0, 0.1) is 11.3 Å². The van der Waals surface area contributed by atoms with Gasteiger partial charge < -0.3 is 15.2 Å². The molecule has 1 rings (SSSR count). The maximum atomic E-state index is 11.2. The molecule has 7 nitrogen and oxygen atoms in total. The number of nitriles is 1. The molecule has 0 unspecified atom stereocenters. The van der Waals surface area contributed by atoms with Crippen molar-refractivity contribution in [1.29, 1.82) is 5.26 Å². The van der Waals surface area contributed by atoms with Crippen molar-refractivity contribution >= 4 is 11.9 Å². The van der Waals surface area contributed by atoms with Gasteiger partial charge in [-0.05, 0) is 6.92 Å². The van der Waals surface area contributed by atoms with Crippen LogP contribution in [0.2, 0.25) is 0 Å². The van der Waals surface area contributed by atoms with Crippen LogP contribution in [0.4, 0.5) is 0 Å². The number of likely N-dealkylation sites (tertiary alicyclic amines) is 1. The molecule has 1 saturated heterocycles. The number of carbonyl (C=O) groups is 2. The summed E-state index contributed by atoms with van der Waals surface area (Å²) in [6.45, 7) is 2.71. The van der Waals surface area contributed by atoms with Crippen LogP contribution in [0.25, 0.3) is 0 Å². The first-order valence-electron chi connectivity index (χ1n) is 5.17. The highest BCUT2D eigenvalue weighted by atomic mass is 16.5. The van der Waals surface area contributed by atoms with Gasteiger partial charge in [0, 0.05) is 13.1 Å². The van der Waals surface area contributed by atoms with Gasteiger partial charge in [-0.2, -0.15) is 5.26 Å². The molecule has 0 aliphatic carbocycles. The predicted molar refractivity (Wildman–Crippen MR) is 57.1 cm³/mol. The summed E-state index contributed by atoms with van der Waals surface area (Å²) in [5.41, 5.74) is -0.492. The fourth-order valence-corrected chi connectivity index (χ4v) is 1.74. The van der Waals surface area contributed by atoms with Crippen LogP contribution in [-0.4, -0.2) is 60.3 Å². The smallest absolute Gasteiger partial charge is 0.329 e. The first-order chi connectivity index (χ1) is 7.95. The third kappa shape index (κ3) is 4.38. The van der Waals surface area contributed by atoms with Crippen molar-refractivity contribution in [3.05, 3.63) is 0 Å². The number of hydrogen-bond donors (Lipinski definition) is 2. The molecular formula is C10H15N3O4. The average Bonchev–Trinajstić information content (AvgIpc) is 2.21. The second-order valence-corrected chi connectivity index (χ2v) is 4.21. The van der Waals surface area contributed by atoms with E-state index < -0.39 is 11.6 Å². The number of nitrogens with one attached hydrogen (secondary N) is 1. The summed E-state index contributed by atoms with van der Waals surface area (Å²) in [4.78, 5) is 23.4. The molecule has 1 amide bonds. The van der Waals surface area contributed by atoms with Crippen molar-refractivity contribution in [2.75, 3.05) is 32.8 Å². The highest BCUT2D eigenvalue weighted by Gasteiger charge is 2.40. The Morgan fingerprint density at radius 1 is 1.59 bits per heavy atom. The molecule has 0 bridgehead atoms. The lowest BCUT2D eigenvalue weighted by Gasteiger charge is -2.46. The largest absolute Gasteiger partial charge is 0.480 e. The summed E-state index contributed by atoms with van der Waals surface area (Å²) >= 11 is 0. The highest BCUT2D eigenvalue weighted by molar-refractivity contribution is 5.78. The highest BCUT2D eigenvalue weighted by Crippen LogP contribution is 2.23. The summed E-state index contributed by atoms with van der Waals surface area (Å²) in [6, 6.07) is 1.82. The number of rotatable bonds is 6. The normalized spacial score (nSPS) is 17.9. The van der Waals surface area contributed by atoms with Gasteiger partial charge in [0.2, 0.25) is 5.91 Å². The standard InChI is InChI=1S/C10H15N3O4/c1-10(17-5-9(15)16)6-13(7-10)4-8(14)12-3-2-11/h3-7H2,1H3,(H,12,14)(H,15,16). The zero-order valence-electron chi connectivity index (χ0n) is 9.60. The van der Waals surface area contributed by atoms with E-state index in [4.69, 9.17) is 15.1 Å². The fraction of sp³-hybridized carbons (Fsp3) is 0.700. The maximum Gasteiger partial charge on any atom is 0.329 e. The lowest BCUT2D eigenvalue weighted by Crippen LogP contribution is -2.63. The minimum atomic E-state index is -1.00. The number of carboxylic acid groups (broad SMARTS) is 1. The molecular weight excluding hydrogens is 226 g/mol. The lowest BCUT2D eigenvalue weighted by molar-refractivity contribution is -0.166. The summed E-state index contributed by atoms with van der Waals surface area (Å²) in [5.74, 6) is -1.22. The Kier molecular flexibility index (Phi) is 4.43. The Morgan fingerprint density at radius 2 is 2.24 bits per heavy atom. The molecule has 0 spiro atoms. The molecule has 1 heterocycles. The minimum absolute atomic E-state index is 0.000540. The van der Waals surface area contributed by atoms with E-state index in [0.717, 1.165) is 0 Å². The van der Waals surface area contributed by atoms with Gasteiger partial charge in [0.05, 0.1) is 18.2 Å². The fourth-order valence-electron chi connectivity index (χ4n) is 1.74. The van der Waals surface area contributed by atoms with E-state index in [9.17, 15) is 9.59 Å². The molecule has 0 saturated carbocycles. The molecule has 0 aromatic carbocycles. The monoisotopic (exact) mass is 241 g/mol. The van der Waals surface area contributed by atoms with Crippen molar-refractivity contribution in [3.8, 4) is 6.07 Å². The van der Waals surface area contributed by atoms with Gasteiger partial charge in [0.1, 0.15) is 13.2 Å². The van der Waals surface area contributed by atoms with Gasteiger partial charge in [0.25, 0.3) is 0 Å². The SMILES string of the molecule is CC1(OCC(=O)O)CN(CC(=O)NCC#N)C1. The van der Waals surface area contributed by atoms with Crippen molar-refractivity contribution in [2.45, 2.75) is 12.5 Å². The van der Waals surface area contributed by atoms with Gasteiger partial charge >= 0.3 is 5.97 Å². The van der Waals surface area contributed by atoms with Gasteiger partial charge in [-0.25, -0.2) is 4.79 Å². The van der Waals surface area contributed by atoms with E-state index in [2.05, 4.69) is 5.32 Å². The zero-order chi connectivity index (χ0) is 12.9. The molecule has 0 aromatic rings. The van der Waals surface area contributed by atoms with Crippen molar-refractivity contribution in [1.82, 2.24) is 10.2 Å². The molecule has 17 heavy (non-hydrogen) atoms. The average molecular weight is 241 g/mol. The third-order valence-corrected chi connectivity index (χ3v) is 2.39. The summed E-state index contributed by atoms with van der Waals surface area (Å²) in [5, 5.41) is 19.2. The summed E-state index contributed by atoms with van der Waals surface area (Å²) < 4.78 is 5.19. The van der Waals surface area contributed by atoms with E-state index in [1.54, 1.807) is 6.92 Å². The van der Waals surface area contributed by atoms with Crippen LogP contribution in [0.5, 0.6) is 0 Å². The Balaban J connectivity index is 2.20. The Bertz CT molecular complexity index is 344. The van der Waals surface area contributed by atoms with Crippen LogP contribution in [0.1, 0.15) is 6.92 Å². The molecule has 94 valence electrons. The second-order valence-electron chi connectivity index (χ2n) is 4.21. The second kappa shape index (κ2) is 5.61.